The molecule has 2 N–H and O–H groups in total. The van der Waals surface area contributed by atoms with Crippen molar-refractivity contribution in [3.63, 3.8) is 0 Å². The lowest BCUT2D eigenvalue weighted by atomic mass is 9.73. The second kappa shape index (κ2) is 10.4. The molecule has 3 aliphatic heterocycles. The molecule has 3 heterocycles. The summed E-state index contributed by atoms with van der Waals surface area (Å²) >= 11 is 0. The number of carbonyl (C=O) groups excluding carboxylic acids is 3. The van der Waals surface area contributed by atoms with Gasteiger partial charge < -0.3 is 20.3 Å². The minimum atomic E-state index is -1.19. The molecular formula is C34H41N3O4. The highest BCUT2D eigenvalue weighted by Gasteiger charge is 2.73. The van der Waals surface area contributed by atoms with Crippen LogP contribution in [0.25, 0.3) is 0 Å². The van der Waals surface area contributed by atoms with Gasteiger partial charge in [0.1, 0.15) is 11.6 Å². The van der Waals surface area contributed by atoms with Gasteiger partial charge in [0.15, 0.2) is 0 Å². The van der Waals surface area contributed by atoms with Gasteiger partial charge >= 0.3 is 0 Å². The maximum Gasteiger partial charge on any atom is 0.246 e. The molecule has 1 saturated carbocycles. The number of hydrogen-bond acceptors (Lipinski definition) is 4. The molecule has 3 amide bonds. The molecule has 2 aromatic carbocycles. The van der Waals surface area contributed by atoms with Gasteiger partial charge in [-0.15, -0.1) is 0 Å². The Kier molecular flexibility index (Phi) is 7.05. The van der Waals surface area contributed by atoms with Crippen molar-refractivity contribution in [2.45, 2.75) is 83.7 Å². The van der Waals surface area contributed by atoms with E-state index >= 15 is 0 Å². The van der Waals surface area contributed by atoms with E-state index in [0.717, 1.165) is 36.0 Å². The van der Waals surface area contributed by atoms with Crippen molar-refractivity contribution in [1.82, 2.24) is 10.2 Å². The first-order valence-corrected chi connectivity index (χ1v) is 15.0. The Balaban J connectivity index is 1.35. The molecule has 7 unspecified atom stereocenters. The van der Waals surface area contributed by atoms with Crippen LogP contribution in [0.15, 0.2) is 60.7 Å². The molecule has 6 rings (SSSR count). The third-order valence-corrected chi connectivity index (χ3v) is 10.1. The molecule has 1 aliphatic carbocycles. The molecule has 216 valence electrons. The molecule has 3 fully saturated rings. The largest absolute Gasteiger partial charge is 0.359 e. The molecule has 0 radical (unpaired) electrons. The monoisotopic (exact) mass is 555 g/mol. The van der Waals surface area contributed by atoms with E-state index in [4.69, 9.17) is 4.74 Å². The van der Waals surface area contributed by atoms with E-state index in [2.05, 4.69) is 30.5 Å². The number of nitrogens with zero attached hydrogens (tertiary/aromatic N) is 1. The third-order valence-electron chi connectivity index (χ3n) is 10.1. The average molecular weight is 556 g/mol. The standard InChI is InChI=1S/C34H41N3O4/c1-19-16-20(2)18-25(17-19)35-31(38)28-27-14-15-34(41-27)29(28)33(40)37(23(5)24-11-7-6-8-12-24)30(34)32(39)36-26-13-9-10-21(3)22(26)4/h6-8,11-12,14-18,21-23,26-30H,9-10,13H2,1-5H3,(H,35,38)(H,36,39)/t21?,22?,23?,26?,27-,28?,29-,30?,34?/m0/s1. The number of benzene rings is 2. The quantitative estimate of drug-likeness (QED) is 0.486. The molecule has 9 atom stereocenters. The number of hydrogen-bond donors (Lipinski definition) is 2. The summed E-state index contributed by atoms with van der Waals surface area (Å²) in [7, 11) is 0. The Morgan fingerprint density at radius 3 is 2.44 bits per heavy atom. The Hall–Kier alpha value is -3.45. The summed E-state index contributed by atoms with van der Waals surface area (Å²) in [6.07, 6.45) is 6.34. The Morgan fingerprint density at radius 2 is 1.73 bits per heavy atom. The number of likely N-dealkylation sites (tertiary alicyclic amines) is 1. The van der Waals surface area contributed by atoms with Gasteiger partial charge in [-0.25, -0.2) is 0 Å². The first kappa shape index (κ1) is 27.7. The molecule has 2 aromatic rings. The van der Waals surface area contributed by atoms with Gasteiger partial charge in [0.25, 0.3) is 0 Å². The van der Waals surface area contributed by atoms with Gasteiger partial charge in [0.2, 0.25) is 17.7 Å². The number of rotatable bonds is 6. The van der Waals surface area contributed by atoms with Crippen molar-refractivity contribution in [3.8, 4) is 0 Å². The molecule has 4 aliphatic rings. The second-order valence-corrected chi connectivity index (χ2v) is 12.8. The van der Waals surface area contributed by atoms with Crippen LogP contribution in [0.3, 0.4) is 0 Å². The predicted molar refractivity (Wildman–Crippen MR) is 158 cm³/mol. The van der Waals surface area contributed by atoms with Crippen molar-refractivity contribution >= 4 is 23.4 Å². The summed E-state index contributed by atoms with van der Waals surface area (Å²) in [6.45, 7) is 10.4. The zero-order valence-electron chi connectivity index (χ0n) is 24.6. The lowest BCUT2D eigenvalue weighted by Gasteiger charge is -2.39. The summed E-state index contributed by atoms with van der Waals surface area (Å²) in [4.78, 5) is 44.3. The molecule has 41 heavy (non-hydrogen) atoms. The fourth-order valence-corrected chi connectivity index (χ4v) is 7.84. The second-order valence-electron chi connectivity index (χ2n) is 12.8. The lowest BCUT2D eigenvalue weighted by Crippen LogP contribution is -2.58. The third kappa shape index (κ3) is 4.58. The van der Waals surface area contributed by atoms with Crippen molar-refractivity contribution in [2.75, 3.05) is 5.32 Å². The van der Waals surface area contributed by atoms with Gasteiger partial charge in [0, 0.05) is 11.7 Å². The van der Waals surface area contributed by atoms with Crippen molar-refractivity contribution in [3.05, 3.63) is 77.4 Å². The van der Waals surface area contributed by atoms with E-state index < -0.39 is 29.6 Å². The SMILES string of the molecule is Cc1cc(C)cc(NC(=O)C2[C@@H]3C=CC4(O3)C(C(=O)NC3CCCC(C)C3C)N(C(C)c3ccccc3)C(=O)[C@H]24)c1. The zero-order valence-corrected chi connectivity index (χ0v) is 24.6. The van der Waals surface area contributed by atoms with E-state index in [1.54, 1.807) is 4.90 Å². The number of fused-ring (bicyclic) bond motifs is 1. The molecule has 1 spiro atoms. The number of ether oxygens (including phenoxy) is 1. The van der Waals surface area contributed by atoms with E-state index in [9.17, 15) is 14.4 Å². The number of amides is 3. The summed E-state index contributed by atoms with van der Waals surface area (Å²) < 4.78 is 6.57. The maximum absolute atomic E-state index is 14.4. The van der Waals surface area contributed by atoms with Crippen LogP contribution >= 0.6 is 0 Å². The van der Waals surface area contributed by atoms with E-state index in [-0.39, 0.29) is 29.8 Å². The van der Waals surface area contributed by atoms with Crippen molar-refractivity contribution in [2.24, 2.45) is 23.7 Å². The molecule has 2 bridgehead atoms. The fourth-order valence-electron chi connectivity index (χ4n) is 7.84. The van der Waals surface area contributed by atoms with Crippen LogP contribution in [0.4, 0.5) is 5.69 Å². The number of anilines is 1. The van der Waals surface area contributed by atoms with Crippen LogP contribution in [-0.2, 0) is 19.1 Å². The first-order chi connectivity index (χ1) is 19.6. The highest BCUT2D eigenvalue weighted by molar-refractivity contribution is 6.03. The summed E-state index contributed by atoms with van der Waals surface area (Å²) in [6, 6.07) is 14.4. The zero-order chi connectivity index (χ0) is 29.1. The van der Waals surface area contributed by atoms with Gasteiger partial charge in [-0.1, -0.05) is 75.2 Å². The minimum Gasteiger partial charge on any atom is -0.359 e. The van der Waals surface area contributed by atoms with Gasteiger partial charge in [-0.2, -0.15) is 0 Å². The summed E-state index contributed by atoms with van der Waals surface area (Å²) in [5, 5.41) is 6.39. The van der Waals surface area contributed by atoms with E-state index in [1.165, 1.54) is 0 Å². The van der Waals surface area contributed by atoms with Crippen LogP contribution in [0.1, 0.15) is 62.8 Å². The average Bonchev–Trinajstić information content (AvgIpc) is 3.58. The number of carbonyl (C=O) groups is 3. The van der Waals surface area contributed by atoms with Gasteiger partial charge in [-0.05, 0) is 67.9 Å². The highest BCUT2D eigenvalue weighted by atomic mass is 16.5. The summed E-state index contributed by atoms with van der Waals surface area (Å²) in [5.74, 6) is -1.33. The Morgan fingerprint density at radius 1 is 1.02 bits per heavy atom. The topological polar surface area (TPSA) is 87.7 Å². The Bertz CT molecular complexity index is 1370. The van der Waals surface area contributed by atoms with E-state index in [0.29, 0.717) is 17.5 Å². The fraction of sp³-hybridized carbons (Fsp3) is 0.500. The molecular weight excluding hydrogens is 514 g/mol. The highest BCUT2D eigenvalue weighted by Crippen LogP contribution is 2.56. The minimum absolute atomic E-state index is 0.0388. The van der Waals surface area contributed by atoms with E-state index in [1.807, 2.05) is 75.4 Å². The molecule has 7 nitrogen and oxygen atoms in total. The van der Waals surface area contributed by atoms with Crippen LogP contribution in [0.5, 0.6) is 0 Å². The van der Waals surface area contributed by atoms with Crippen molar-refractivity contribution < 1.29 is 19.1 Å². The van der Waals surface area contributed by atoms with Crippen LogP contribution in [0, 0.1) is 37.5 Å². The van der Waals surface area contributed by atoms with Crippen LogP contribution in [0.2, 0.25) is 0 Å². The lowest BCUT2D eigenvalue weighted by molar-refractivity contribution is -0.144. The Labute approximate surface area is 242 Å². The number of aryl methyl sites for hydroxylation is 2. The number of nitrogens with one attached hydrogen (secondary N) is 2. The van der Waals surface area contributed by atoms with Crippen LogP contribution < -0.4 is 10.6 Å². The molecule has 2 saturated heterocycles. The van der Waals surface area contributed by atoms with Crippen molar-refractivity contribution in [1.29, 1.82) is 0 Å². The molecule has 7 heteroatoms. The van der Waals surface area contributed by atoms with Gasteiger partial charge in [0.05, 0.1) is 24.0 Å². The smallest absolute Gasteiger partial charge is 0.246 e. The van der Waals surface area contributed by atoms with Gasteiger partial charge in [-0.3, -0.25) is 14.4 Å². The maximum atomic E-state index is 14.4. The summed E-state index contributed by atoms with van der Waals surface area (Å²) in [5.41, 5.74) is 2.53. The molecule has 0 aromatic heterocycles. The first-order valence-electron chi connectivity index (χ1n) is 15.0. The van der Waals surface area contributed by atoms with Crippen LogP contribution in [-0.4, -0.2) is 46.4 Å². The predicted octanol–water partition coefficient (Wildman–Crippen LogP) is 5.09. The normalized spacial score (nSPS) is 34.4.